The number of esters is 1. The molecule has 0 aromatic carbocycles. The number of hydrogen-bond donors (Lipinski definition) is 2. The van der Waals surface area contributed by atoms with Crippen LogP contribution in [0.1, 0.15) is 40.0 Å². The first-order valence-electron chi connectivity index (χ1n) is 7.43. The second kappa shape index (κ2) is 8.39. The normalized spacial score (nSPS) is 27.9. The monoisotopic (exact) mass is 285 g/mol. The zero-order valence-electron chi connectivity index (χ0n) is 12.7. The molecule has 0 unspecified atom stereocenters. The largest absolute Gasteiger partial charge is 0.463 e. The number of ether oxygens (including phenoxy) is 2. The Labute approximate surface area is 121 Å². The van der Waals surface area contributed by atoms with Crippen LogP contribution in [0.4, 0.5) is 0 Å². The highest BCUT2D eigenvalue weighted by atomic mass is 16.5. The summed E-state index contributed by atoms with van der Waals surface area (Å²) in [6.45, 7) is 6.28. The van der Waals surface area contributed by atoms with Crippen LogP contribution in [0.25, 0.3) is 0 Å². The second-order valence-corrected chi connectivity index (χ2v) is 5.28. The molecule has 0 radical (unpaired) electrons. The van der Waals surface area contributed by atoms with Crippen molar-refractivity contribution in [2.24, 2.45) is 11.7 Å². The molecule has 1 aliphatic carbocycles. The summed E-state index contributed by atoms with van der Waals surface area (Å²) in [4.78, 5) is 11.8. The van der Waals surface area contributed by atoms with E-state index < -0.39 is 0 Å². The Hall–Kier alpha value is -0.910. The van der Waals surface area contributed by atoms with Crippen LogP contribution in [0.3, 0.4) is 0 Å². The van der Waals surface area contributed by atoms with Crippen LogP contribution >= 0.6 is 0 Å². The SMILES string of the molecule is CCOC(=O)C1=C[C@@H](O[C@H](CC)CCO)[C@H](C)[C@@H](N)C1. The van der Waals surface area contributed by atoms with E-state index in [0.717, 1.165) is 6.42 Å². The quantitative estimate of drug-likeness (QED) is 0.691. The molecule has 0 aliphatic heterocycles. The van der Waals surface area contributed by atoms with Crippen molar-refractivity contribution in [1.82, 2.24) is 0 Å². The standard InChI is InChI=1S/C15H27NO4/c1-4-12(6-7-17)20-14-9-11(15(18)19-5-2)8-13(16)10(14)3/h9-10,12-14,17H,4-8,16H2,1-3H3/t10-,12-,13+,14-/m1/s1. The molecule has 0 saturated carbocycles. The van der Waals surface area contributed by atoms with Crippen LogP contribution in [0.2, 0.25) is 0 Å². The van der Waals surface area contributed by atoms with Gasteiger partial charge in [0.25, 0.3) is 0 Å². The molecule has 0 saturated heterocycles. The Morgan fingerprint density at radius 1 is 1.55 bits per heavy atom. The van der Waals surface area contributed by atoms with Crippen LogP contribution < -0.4 is 5.73 Å². The van der Waals surface area contributed by atoms with Gasteiger partial charge < -0.3 is 20.3 Å². The summed E-state index contributed by atoms with van der Waals surface area (Å²) in [5.74, 6) is -0.167. The van der Waals surface area contributed by atoms with E-state index in [1.54, 1.807) is 6.92 Å². The minimum Gasteiger partial charge on any atom is -0.463 e. The summed E-state index contributed by atoms with van der Waals surface area (Å²) < 4.78 is 11.0. The average molecular weight is 285 g/mol. The third kappa shape index (κ3) is 4.58. The Morgan fingerprint density at radius 2 is 2.25 bits per heavy atom. The van der Waals surface area contributed by atoms with Crippen LogP contribution in [0.15, 0.2) is 11.6 Å². The van der Waals surface area contributed by atoms with Gasteiger partial charge in [-0.25, -0.2) is 4.79 Å². The molecule has 116 valence electrons. The summed E-state index contributed by atoms with van der Waals surface area (Å²) in [5.41, 5.74) is 6.70. The van der Waals surface area contributed by atoms with Crippen molar-refractivity contribution in [3.05, 3.63) is 11.6 Å². The molecule has 5 nitrogen and oxygen atoms in total. The summed E-state index contributed by atoms with van der Waals surface area (Å²) in [7, 11) is 0. The van der Waals surface area contributed by atoms with Gasteiger partial charge in [0.2, 0.25) is 0 Å². The van der Waals surface area contributed by atoms with Crippen LogP contribution in [-0.2, 0) is 14.3 Å². The molecule has 3 N–H and O–H groups in total. The van der Waals surface area contributed by atoms with E-state index in [2.05, 4.69) is 0 Å². The maximum atomic E-state index is 11.8. The molecule has 0 spiro atoms. The fourth-order valence-corrected chi connectivity index (χ4v) is 2.37. The number of rotatable bonds is 7. The van der Waals surface area contributed by atoms with Crippen molar-refractivity contribution < 1.29 is 19.4 Å². The van der Waals surface area contributed by atoms with E-state index in [1.165, 1.54) is 0 Å². The van der Waals surface area contributed by atoms with Gasteiger partial charge in [-0.05, 0) is 32.3 Å². The Bertz CT molecular complexity index is 343. The van der Waals surface area contributed by atoms with Gasteiger partial charge in [0.15, 0.2) is 0 Å². The Balaban J connectivity index is 2.79. The number of hydrogen-bond acceptors (Lipinski definition) is 5. The highest BCUT2D eigenvalue weighted by molar-refractivity contribution is 5.88. The summed E-state index contributed by atoms with van der Waals surface area (Å²) >= 11 is 0. The minimum atomic E-state index is -0.307. The van der Waals surface area contributed by atoms with Crippen molar-refractivity contribution in [1.29, 1.82) is 0 Å². The molecule has 1 rings (SSSR count). The van der Waals surface area contributed by atoms with E-state index in [1.807, 2.05) is 19.9 Å². The van der Waals surface area contributed by atoms with Gasteiger partial charge in [0, 0.05) is 24.1 Å². The molecule has 0 fully saturated rings. The smallest absolute Gasteiger partial charge is 0.333 e. The zero-order chi connectivity index (χ0) is 15.1. The topological polar surface area (TPSA) is 81.8 Å². The molecule has 4 atom stereocenters. The second-order valence-electron chi connectivity index (χ2n) is 5.28. The minimum absolute atomic E-state index is 0.0163. The lowest BCUT2D eigenvalue weighted by atomic mass is 9.84. The van der Waals surface area contributed by atoms with Gasteiger partial charge >= 0.3 is 5.97 Å². The molecule has 0 bridgehead atoms. The first-order valence-corrected chi connectivity index (χ1v) is 7.43. The lowest BCUT2D eigenvalue weighted by Gasteiger charge is -2.34. The van der Waals surface area contributed by atoms with E-state index in [0.29, 0.717) is 25.0 Å². The summed E-state index contributed by atoms with van der Waals surface area (Å²) in [6.07, 6.45) is 3.56. The fourth-order valence-electron chi connectivity index (χ4n) is 2.37. The van der Waals surface area contributed by atoms with Gasteiger partial charge in [0.1, 0.15) is 0 Å². The number of aliphatic hydroxyl groups excluding tert-OH is 1. The van der Waals surface area contributed by atoms with Gasteiger partial charge in [-0.15, -0.1) is 0 Å². The third-order valence-electron chi connectivity index (χ3n) is 3.81. The summed E-state index contributed by atoms with van der Waals surface area (Å²) in [5, 5.41) is 9.03. The van der Waals surface area contributed by atoms with Gasteiger partial charge in [-0.1, -0.05) is 13.8 Å². The van der Waals surface area contributed by atoms with E-state index in [-0.39, 0.29) is 36.7 Å². The highest BCUT2D eigenvalue weighted by Gasteiger charge is 2.32. The van der Waals surface area contributed by atoms with Crippen molar-refractivity contribution in [2.45, 2.75) is 58.3 Å². The van der Waals surface area contributed by atoms with Crippen molar-refractivity contribution in [3.63, 3.8) is 0 Å². The van der Waals surface area contributed by atoms with E-state index in [4.69, 9.17) is 20.3 Å². The van der Waals surface area contributed by atoms with Crippen LogP contribution in [0.5, 0.6) is 0 Å². The molecule has 5 heteroatoms. The molecule has 20 heavy (non-hydrogen) atoms. The zero-order valence-corrected chi connectivity index (χ0v) is 12.7. The molecular formula is C15H27NO4. The van der Waals surface area contributed by atoms with Gasteiger partial charge in [-0.3, -0.25) is 0 Å². The Kier molecular flexibility index (Phi) is 7.19. The molecular weight excluding hydrogens is 258 g/mol. The number of carbonyl (C=O) groups is 1. The van der Waals surface area contributed by atoms with Crippen LogP contribution in [-0.4, -0.2) is 42.5 Å². The van der Waals surface area contributed by atoms with E-state index >= 15 is 0 Å². The molecule has 0 aromatic heterocycles. The van der Waals surface area contributed by atoms with Crippen LogP contribution in [0, 0.1) is 5.92 Å². The van der Waals surface area contributed by atoms with Crippen molar-refractivity contribution >= 4 is 5.97 Å². The highest BCUT2D eigenvalue weighted by Crippen LogP contribution is 2.27. The van der Waals surface area contributed by atoms with Gasteiger partial charge in [-0.2, -0.15) is 0 Å². The van der Waals surface area contributed by atoms with Gasteiger partial charge in [0.05, 0.1) is 18.8 Å². The van der Waals surface area contributed by atoms with Crippen molar-refractivity contribution in [2.75, 3.05) is 13.2 Å². The lowest BCUT2D eigenvalue weighted by Crippen LogP contribution is -2.42. The number of aliphatic hydroxyl groups is 1. The number of nitrogens with two attached hydrogens (primary N) is 1. The predicted octanol–water partition coefficient (Wildman–Crippen LogP) is 1.39. The summed E-state index contributed by atoms with van der Waals surface area (Å²) in [6, 6.07) is -0.115. The molecule has 0 aromatic rings. The predicted molar refractivity (Wildman–Crippen MR) is 77.1 cm³/mol. The van der Waals surface area contributed by atoms with E-state index in [9.17, 15) is 4.79 Å². The third-order valence-corrected chi connectivity index (χ3v) is 3.81. The Morgan fingerprint density at radius 3 is 2.80 bits per heavy atom. The average Bonchev–Trinajstić information content (AvgIpc) is 2.43. The first-order chi connectivity index (χ1) is 9.53. The first kappa shape index (κ1) is 17.1. The lowest BCUT2D eigenvalue weighted by molar-refractivity contribution is -0.139. The molecule has 0 heterocycles. The fraction of sp³-hybridized carbons (Fsp3) is 0.800. The molecule has 1 aliphatic rings. The maximum absolute atomic E-state index is 11.8. The molecule has 0 amide bonds. The number of carbonyl (C=O) groups excluding carboxylic acids is 1. The maximum Gasteiger partial charge on any atom is 0.333 e. The van der Waals surface area contributed by atoms with Crippen molar-refractivity contribution in [3.8, 4) is 0 Å².